The van der Waals surface area contributed by atoms with Crippen LogP contribution in [0.15, 0.2) is 53.4 Å². The quantitative estimate of drug-likeness (QED) is 0.304. The van der Waals surface area contributed by atoms with Gasteiger partial charge in [0.1, 0.15) is 11.8 Å². The Bertz CT molecular complexity index is 843. The van der Waals surface area contributed by atoms with Gasteiger partial charge >= 0.3 is 0 Å². The zero-order chi connectivity index (χ0) is 23.3. The third-order valence-electron chi connectivity index (χ3n) is 5.06. The van der Waals surface area contributed by atoms with E-state index in [1.165, 1.54) is 0 Å². The number of methoxy groups -OCH3 is 1. The molecule has 0 radical (unpaired) electrons. The molecular formula is C25H33ClN2O3S. The lowest BCUT2D eigenvalue weighted by atomic mass is 10.1. The van der Waals surface area contributed by atoms with Crippen molar-refractivity contribution in [2.24, 2.45) is 0 Å². The fourth-order valence-electron chi connectivity index (χ4n) is 3.30. The van der Waals surface area contributed by atoms with Crippen molar-refractivity contribution in [1.29, 1.82) is 0 Å². The lowest BCUT2D eigenvalue weighted by molar-refractivity contribution is -0.141. The van der Waals surface area contributed by atoms with Crippen molar-refractivity contribution in [3.8, 4) is 5.75 Å². The summed E-state index contributed by atoms with van der Waals surface area (Å²) in [5, 5.41) is 3.66. The minimum absolute atomic E-state index is 0.00368. The molecule has 2 aromatic carbocycles. The molecular weight excluding hydrogens is 444 g/mol. The van der Waals surface area contributed by atoms with Gasteiger partial charge in [-0.05, 0) is 67.0 Å². The van der Waals surface area contributed by atoms with Crippen molar-refractivity contribution < 1.29 is 14.3 Å². The van der Waals surface area contributed by atoms with Gasteiger partial charge in [0.2, 0.25) is 11.8 Å². The molecule has 0 saturated carbocycles. The van der Waals surface area contributed by atoms with Crippen LogP contribution in [0.1, 0.15) is 45.1 Å². The maximum absolute atomic E-state index is 13.2. The molecule has 0 bridgehead atoms. The van der Waals surface area contributed by atoms with Gasteiger partial charge in [-0.25, -0.2) is 0 Å². The Morgan fingerprint density at radius 3 is 2.38 bits per heavy atom. The molecule has 2 rings (SSSR count). The zero-order valence-corrected chi connectivity index (χ0v) is 20.7. The van der Waals surface area contributed by atoms with E-state index in [9.17, 15) is 9.59 Å². The number of rotatable bonds is 13. The van der Waals surface area contributed by atoms with Gasteiger partial charge < -0.3 is 15.0 Å². The summed E-state index contributed by atoms with van der Waals surface area (Å²) in [7, 11) is 1.62. The Labute approximate surface area is 200 Å². The lowest BCUT2D eigenvalue weighted by Crippen LogP contribution is -2.49. The molecule has 2 amide bonds. The van der Waals surface area contributed by atoms with Crippen molar-refractivity contribution in [2.45, 2.75) is 57.0 Å². The summed E-state index contributed by atoms with van der Waals surface area (Å²) in [6.45, 7) is 4.96. The number of nitrogens with zero attached hydrogens (tertiary/aromatic N) is 1. The van der Waals surface area contributed by atoms with E-state index in [-0.39, 0.29) is 11.8 Å². The smallest absolute Gasteiger partial charge is 0.242 e. The van der Waals surface area contributed by atoms with Gasteiger partial charge in [-0.3, -0.25) is 9.59 Å². The molecule has 0 unspecified atom stereocenters. The molecule has 1 atom stereocenters. The Kier molecular flexibility index (Phi) is 11.5. The van der Waals surface area contributed by atoms with E-state index < -0.39 is 6.04 Å². The SMILES string of the molecule is CCCNC(=O)[C@@H](CC)N(Cc1ccc(OC)cc1)C(=O)CCCSc1ccc(Cl)cc1. The van der Waals surface area contributed by atoms with E-state index in [2.05, 4.69) is 5.32 Å². The van der Waals surface area contributed by atoms with Crippen LogP contribution in [0.5, 0.6) is 5.75 Å². The van der Waals surface area contributed by atoms with Crippen LogP contribution >= 0.6 is 23.4 Å². The molecule has 0 aliphatic carbocycles. The average Bonchev–Trinajstić information content (AvgIpc) is 2.81. The maximum atomic E-state index is 13.2. The van der Waals surface area contributed by atoms with Gasteiger partial charge in [-0.15, -0.1) is 11.8 Å². The fraction of sp³-hybridized carbons (Fsp3) is 0.440. The maximum Gasteiger partial charge on any atom is 0.242 e. The van der Waals surface area contributed by atoms with Crippen molar-refractivity contribution >= 4 is 35.2 Å². The van der Waals surface area contributed by atoms with Crippen LogP contribution in [-0.4, -0.2) is 42.2 Å². The van der Waals surface area contributed by atoms with E-state index >= 15 is 0 Å². The number of thioether (sulfide) groups is 1. The average molecular weight is 477 g/mol. The molecule has 1 N–H and O–H groups in total. The number of carbonyl (C=O) groups excluding carboxylic acids is 2. The summed E-state index contributed by atoms with van der Waals surface area (Å²) in [6.07, 6.45) is 2.56. The summed E-state index contributed by atoms with van der Waals surface area (Å²) in [5.74, 6) is 1.49. The summed E-state index contributed by atoms with van der Waals surface area (Å²) in [6, 6.07) is 14.8. The van der Waals surface area contributed by atoms with Crippen molar-refractivity contribution in [2.75, 3.05) is 19.4 Å². The number of hydrogen-bond acceptors (Lipinski definition) is 4. The Hall–Kier alpha value is -2.18. The van der Waals surface area contributed by atoms with E-state index in [0.29, 0.717) is 31.0 Å². The summed E-state index contributed by atoms with van der Waals surface area (Å²) < 4.78 is 5.23. The predicted octanol–water partition coefficient (Wildman–Crippen LogP) is 5.55. The Morgan fingerprint density at radius 1 is 1.09 bits per heavy atom. The zero-order valence-electron chi connectivity index (χ0n) is 19.1. The highest BCUT2D eigenvalue weighted by Crippen LogP contribution is 2.22. The van der Waals surface area contributed by atoms with Crippen LogP contribution in [0.3, 0.4) is 0 Å². The Balaban J connectivity index is 2.04. The second-order valence-corrected chi connectivity index (χ2v) is 9.10. The second-order valence-electron chi connectivity index (χ2n) is 7.49. The van der Waals surface area contributed by atoms with E-state index in [4.69, 9.17) is 16.3 Å². The molecule has 5 nitrogen and oxygen atoms in total. The minimum atomic E-state index is -0.486. The second kappa shape index (κ2) is 14.1. The number of ether oxygens (including phenoxy) is 1. The molecule has 32 heavy (non-hydrogen) atoms. The highest BCUT2D eigenvalue weighted by Gasteiger charge is 2.28. The van der Waals surface area contributed by atoms with Crippen LogP contribution in [0.4, 0.5) is 0 Å². The van der Waals surface area contributed by atoms with Crippen LogP contribution in [0, 0.1) is 0 Å². The van der Waals surface area contributed by atoms with Crippen molar-refractivity contribution in [1.82, 2.24) is 10.2 Å². The van der Waals surface area contributed by atoms with Crippen LogP contribution in [0.2, 0.25) is 5.02 Å². The van der Waals surface area contributed by atoms with E-state index in [1.54, 1.807) is 23.8 Å². The highest BCUT2D eigenvalue weighted by molar-refractivity contribution is 7.99. The van der Waals surface area contributed by atoms with Gasteiger partial charge in [0.05, 0.1) is 7.11 Å². The number of amides is 2. The first kappa shape index (κ1) is 26.1. The number of carbonyl (C=O) groups is 2. The monoisotopic (exact) mass is 476 g/mol. The number of halogens is 1. The first-order valence-electron chi connectivity index (χ1n) is 11.1. The van der Waals surface area contributed by atoms with Gasteiger partial charge in [0, 0.05) is 29.4 Å². The molecule has 0 aliphatic rings. The molecule has 0 aliphatic heterocycles. The topological polar surface area (TPSA) is 58.6 Å². The number of benzene rings is 2. The first-order chi connectivity index (χ1) is 15.5. The fourth-order valence-corrected chi connectivity index (χ4v) is 4.28. The third kappa shape index (κ3) is 8.40. The largest absolute Gasteiger partial charge is 0.497 e. The molecule has 0 fully saturated rings. The van der Waals surface area contributed by atoms with Gasteiger partial charge in [0.15, 0.2) is 0 Å². The van der Waals surface area contributed by atoms with Gasteiger partial charge in [0.25, 0.3) is 0 Å². The normalized spacial score (nSPS) is 11.6. The molecule has 0 spiro atoms. The van der Waals surface area contributed by atoms with Crippen LogP contribution in [-0.2, 0) is 16.1 Å². The predicted molar refractivity (Wildman–Crippen MR) is 132 cm³/mol. The summed E-state index contributed by atoms with van der Waals surface area (Å²) in [4.78, 5) is 28.8. The molecule has 7 heteroatoms. The highest BCUT2D eigenvalue weighted by atomic mass is 35.5. The van der Waals surface area contributed by atoms with Crippen molar-refractivity contribution in [3.05, 3.63) is 59.1 Å². The summed E-state index contributed by atoms with van der Waals surface area (Å²) >= 11 is 7.63. The van der Waals surface area contributed by atoms with E-state index in [0.717, 1.165) is 34.8 Å². The van der Waals surface area contributed by atoms with Crippen LogP contribution < -0.4 is 10.1 Å². The minimum Gasteiger partial charge on any atom is -0.497 e. The standard InChI is InChI=1S/C25H33ClN2O3S/c1-4-16-27-25(30)23(5-2)28(18-19-8-12-21(31-3)13-9-19)24(29)7-6-17-32-22-14-10-20(26)11-15-22/h8-15,23H,4-7,16-18H2,1-3H3,(H,27,30)/t23-/m1/s1. The molecule has 2 aromatic rings. The molecule has 0 saturated heterocycles. The van der Waals surface area contributed by atoms with Gasteiger partial charge in [-0.1, -0.05) is 37.6 Å². The molecule has 0 heterocycles. The molecule has 174 valence electrons. The van der Waals surface area contributed by atoms with Crippen LogP contribution in [0.25, 0.3) is 0 Å². The third-order valence-corrected chi connectivity index (χ3v) is 6.41. The van der Waals surface area contributed by atoms with Gasteiger partial charge in [-0.2, -0.15) is 0 Å². The van der Waals surface area contributed by atoms with Crippen molar-refractivity contribution in [3.63, 3.8) is 0 Å². The van der Waals surface area contributed by atoms with E-state index in [1.807, 2.05) is 62.4 Å². The number of nitrogens with one attached hydrogen (secondary N) is 1. The lowest BCUT2D eigenvalue weighted by Gasteiger charge is -2.30. The summed E-state index contributed by atoms with van der Waals surface area (Å²) in [5.41, 5.74) is 0.969. The number of hydrogen-bond donors (Lipinski definition) is 1. The molecule has 0 aromatic heterocycles. The first-order valence-corrected chi connectivity index (χ1v) is 12.4. The Morgan fingerprint density at radius 2 is 1.78 bits per heavy atom.